The van der Waals surface area contributed by atoms with Crippen molar-refractivity contribution in [3.05, 3.63) is 89.6 Å². The lowest BCUT2D eigenvalue weighted by atomic mass is 10.1. The van der Waals surface area contributed by atoms with Crippen LogP contribution in [0.25, 0.3) is 20.9 Å². The molecule has 0 radical (unpaired) electrons. The number of amides is 4. The summed E-state index contributed by atoms with van der Waals surface area (Å²) in [6.07, 6.45) is 1.45. The van der Waals surface area contributed by atoms with Gasteiger partial charge in [-0.1, -0.05) is 10.2 Å². The van der Waals surface area contributed by atoms with E-state index in [0.717, 1.165) is 0 Å². The van der Waals surface area contributed by atoms with Gasteiger partial charge in [0.2, 0.25) is 17.7 Å². The molecule has 0 spiro atoms. The minimum Gasteiger partial charge on any atom is -0.414 e. The number of halogens is 1. The molecule has 0 heterocycles. The van der Waals surface area contributed by atoms with Crippen LogP contribution in [0.1, 0.15) is 25.7 Å². The normalized spacial score (nSPS) is 9.91. The molecular weight excluding hydrogens is 942 g/mol. The van der Waals surface area contributed by atoms with Crippen molar-refractivity contribution in [3.63, 3.8) is 0 Å². The fourth-order valence-electron chi connectivity index (χ4n) is 4.56. The number of nitrogens with two attached hydrogens (primary N) is 1. The smallest absolute Gasteiger partial charge is 0.412 e. The van der Waals surface area contributed by atoms with Crippen LogP contribution in [-0.4, -0.2) is 167 Å². The fourth-order valence-corrected chi connectivity index (χ4v) is 4.65. The molecule has 0 fully saturated rings. The van der Waals surface area contributed by atoms with E-state index in [2.05, 4.69) is 35.4 Å². The summed E-state index contributed by atoms with van der Waals surface area (Å²) in [5.74, 6) is -0.649. The standard InChI is InChI=1S/C19H27N7O8.C13H25N5O4.C7H4ClNO4/c1-25(13-17(27)21-7-2-8-23-24-20)18(28)14-33-12-11-32-10-9-22-19(29)34-16-5-3-15(4-6-16)26(30)31;1-18(10-12(19)4-2-3-6-16-17-15)13(20)11-22-9-8-21-7-5-14;8-7(10)13-6-3-1-5(2-4-6)9(11)12/h3-6H,2,7-14H2,1H3,(H,21,27)(H,22,29);2-11,14H2,1H3;1-4H. The van der Waals surface area contributed by atoms with Crippen LogP contribution in [-0.2, 0) is 38.1 Å². The molecule has 69 heavy (non-hydrogen) atoms. The Morgan fingerprint density at radius 2 is 1.14 bits per heavy atom. The quantitative estimate of drug-likeness (QED) is 0.0178. The fraction of sp³-hybridized carbons (Fsp3) is 0.538. The molecule has 4 amide bonds. The highest BCUT2D eigenvalue weighted by Crippen LogP contribution is 2.18. The lowest BCUT2D eigenvalue weighted by Crippen LogP contribution is -2.40. The molecular formula is C39H56ClN13O16. The Labute approximate surface area is 400 Å². The van der Waals surface area contributed by atoms with Crippen LogP contribution in [0.5, 0.6) is 11.5 Å². The Bertz CT molecular complexity index is 1990. The molecule has 0 aromatic heterocycles. The maximum Gasteiger partial charge on any atom is 0.412 e. The molecule has 0 aliphatic carbocycles. The highest BCUT2D eigenvalue weighted by atomic mass is 35.5. The third kappa shape index (κ3) is 34.7. The van der Waals surface area contributed by atoms with Gasteiger partial charge in [0.05, 0.1) is 62.6 Å². The van der Waals surface area contributed by atoms with Crippen molar-refractivity contribution in [2.24, 2.45) is 16.0 Å². The Balaban J connectivity index is 0.00000112. The van der Waals surface area contributed by atoms with E-state index in [-0.39, 0.29) is 106 Å². The number of carbonyl (C=O) groups is 6. The van der Waals surface area contributed by atoms with E-state index < -0.39 is 21.4 Å². The highest BCUT2D eigenvalue weighted by Gasteiger charge is 2.14. The molecule has 0 aliphatic rings. The Kier molecular flexibility index (Phi) is 35.7. The number of nitro groups is 2. The van der Waals surface area contributed by atoms with Gasteiger partial charge >= 0.3 is 11.5 Å². The minimum absolute atomic E-state index is 0.0249. The van der Waals surface area contributed by atoms with Gasteiger partial charge < -0.3 is 54.6 Å². The molecule has 380 valence electrons. The number of Topliss-reactive ketones (excluding diaryl/α,β-unsaturated/α-hetero) is 1. The van der Waals surface area contributed by atoms with E-state index in [1.807, 2.05) is 0 Å². The number of nitrogens with zero attached hydrogens (tertiary/aromatic N) is 10. The maximum atomic E-state index is 11.9. The number of azide groups is 2. The third-order valence-electron chi connectivity index (χ3n) is 7.97. The summed E-state index contributed by atoms with van der Waals surface area (Å²) in [4.78, 5) is 96.4. The number of hydrogen-bond acceptors (Lipinski definition) is 19. The summed E-state index contributed by atoms with van der Waals surface area (Å²) in [5.41, 5.74) is 20.4. The first-order valence-electron chi connectivity index (χ1n) is 20.6. The Morgan fingerprint density at radius 1 is 0.667 bits per heavy atom. The molecule has 2 rings (SSSR count). The molecule has 0 aliphatic heterocycles. The monoisotopic (exact) mass is 997 g/mol. The molecule has 4 N–H and O–H groups in total. The second kappa shape index (κ2) is 39.9. The zero-order valence-corrected chi connectivity index (χ0v) is 38.8. The van der Waals surface area contributed by atoms with Gasteiger partial charge in [0.15, 0.2) is 5.78 Å². The molecule has 0 saturated heterocycles. The lowest BCUT2D eigenvalue weighted by Gasteiger charge is -2.16. The predicted molar refractivity (Wildman–Crippen MR) is 244 cm³/mol. The average Bonchev–Trinajstić information content (AvgIpc) is 3.31. The number of non-ortho nitro benzene ring substituents is 2. The van der Waals surface area contributed by atoms with Crippen LogP contribution in [0.2, 0.25) is 0 Å². The van der Waals surface area contributed by atoms with Gasteiger partial charge in [0.1, 0.15) is 24.7 Å². The van der Waals surface area contributed by atoms with Gasteiger partial charge in [-0.05, 0) is 54.6 Å². The van der Waals surface area contributed by atoms with Gasteiger partial charge in [0, 0.05) is 98.9 Å². The number of carbonyl (C=O) groups excluding carboxylic acids is 6. The SMILES string of the molecule is CN(CC(=O)CCCCN=[N+]=[N-])C(=O)COCCOCCN.CN(CC(=O)NCCCN=[N+]=[N-])C(=O)COCCOCCNC(=O)Oc1ccc([N+](=O)[O-])cc1.O=C(Cl)Oc1ccc([N+](=O)[O-])cc1. The van der Waals surface area contributed by atoms with Crippen LogP contribution >= 0.6 is 11.6 Å². The van der Waals surface area contributed by atoms with Crippen LogP contribution in [0.4, 0.5) is 21.0 Å². The molecule has 0 saturated carbocycles. The number of ketones is 1. The van der Waals surface area contributed by atoms with Crippen LogP contribution in [0.15, 0.2) is 58.8 Å². The van der Waals surface area contributed by atoms with Gasteiger partial charge in [-0.15, -0.1) is 0 Å². The van der Waals surface area contributed by atoms with Crippen molar-refractivity contribution in [1.29, 1.82) is 0 Å². The van der Waals surface area contributed by atoms with Crippen LogP contribution < -0.4 is 25.8 Å². The van der Waals surface area contributed by atoms with Crippen molar-refractivity contribution in [2.75, 3.05) is 113 Å². The number of benzene rings is 2. The second-order valence-corrected chi connectivity index (χ2v) is 13.7. The van der Waals surface area contributed by atoms with Gasteiger partial charge in [0.25, 0.3) is 11.4 Å². The zero-order chi connectivity index (χ0) is 51.7. The molecule has 0 unspecified atom stereocenters. The van der Waals surface area contributed by atoms with E-state index in [4.69, 9.17) is 52.1 Å². The average molecular weight is 998 g/mol. The summed E-state index contributed by atoms with van der Waals surface area (Å²) in [7, 11) is 3.04. The maximum absolute atomic E-state index is 11.9. The van der Waals surface area contributed by atoms with E-state index in [1.165, 1.54) is 65.4 Å². The number of unbranched alkanes of at least 4 members (excludes halogenated alkanes) is 1. The Morgan fingerprint density at radius 3 is 1.64 bits per heavy atom. The number of hydrogen-bond donors (Lipinski definition) is 3. The van der Waals surface area contributed by atoms with Crippen LogP contribution in [0.3, 0.4) is 0 Å². The first-order valence-corrected chi connectivity index (χ1v) is 21.0. The van der Waals surface area contributed by atoms with Crippen molar-refractivity contribution < 1.29 is 67.0 Å². The minimum atomic E-state index is -0.978. The molecule has 2 aromatic carbocycles. The molecule has 0 bridgehead atoms. The van der Waals surface area contributed by atoms with Crippen molar-refractivity contribution >= 4 is 58.0 Å². The molecule has 30 heteroatoms. The van der Waals surface area contributed by atoms with Crippen molar-refractivity contribution in [2.45, 2.75) is 25.7 Å². The predicted octanol–water partition coefficient (Wildman–Crippen LogP) is 3.81. The summed E-state index contributed by atoms with van der Waals surface area (Å²) in [5, 5.41) is 32.6. The first kappa shape index (κ1) is 61.8. The van der Waals surface area contributed by atoms with Gasteiger partial charge in [-0.2, -0.15) is 0 Å². The summed E-state index contributed by atoms with van der Waals surface area (Å²) < 4.78 is 30.1. The van der Waals surface area contributed by atoms with E-state index in [1.54, 1.807) is 7.05 Å². The van der Waals surface area contributed by atoms with Crippen molar-refractivity contribution in [1.82, 2.24) is 20.4 Å². The Hall–Kier alpha value is -7.23. The lowest BCUT2D eigenvalue weighted by molar-refractivity contribution is -0.385. The van der Waals surface area contributed by atoms with Crippen molar-refractivity contribution in [3.8, 4) is 11.5 Å². The molecule has 29 nitrogen and oxygen atoms in total. The third-order valence-corrected chi connectivity index (χ3v) is 8.05. The number of nitrogens with one attached hydrogen (secondary N) is 2. The second-order valence-electron chi connectivity index (χ2n) is 13.4. The number of rotatable bonds is 32. The molecule has 0 atom stereocenters. The number of likely N-dealkylation sites (N-methyl/N-ethyl adjacent to an activating group) is 2. The van der Waals surface area contributed by atoms with E-state index in [9.17, 15) is 49.0 Å². The summed E-state index contributed by atoms with van der Waals surface area (Å²) in [6, 6.07) is 10.1. The van der Waals surface area contributed by atoms with Gasteiger partial charge in [-0.25, -0.2) is 9.59 Å². The highest BCUT2D eigenvalue weighted by molar-refractivity contribution is 6.61. The largest absolute Gasteiger partial charge is 0.414 e. The number of nitro benzene ring substituents is 2. The number of ether oxygens (including phenoxy) is 6. The summed E-state index contributed by atoms with van der Waals surface area (Å²) in [6.45, 7) is 2.92. The van der Waals surface area contributed by atoms with Gasteiger partial charge in [-0.3, -0.25) is 39.4 Å². The molecule has 2 aromatic rings. The topological polar surface area (TPSA) is 398 Å². The zero-order valence-electron chi connectivity index (χ0n) is 38.0. The van der Waals surface area contributed by atoms with E-state index >= 15 is 0 Å². The first-order chi connectivity index (χ1) is 33.0. The van der Waals surface area contributed by atoms with Crippen LogP contribution in [0, 0.1) is 20.2 Å². The van der Waals surface area contributed by atoms with E-state index in [0.29, 0.717) is 65.1 Å². The summed E-state index contributed by atoms with van der Waals surface area (Å²) >= 11 is 4.92.